The molecule has 0 saturated carbocycles. The van der Waals surface area contributed by atoms with Crippen LogP contribution in [0.2, 0.25) is 0 Å². The first-order valence-corrected chi connectivity index (χ1v) is 6.85. The van der Waals surface area contributed by atoms with Gasteiger partial charge in [-0.2, -0.15) is 0 Å². The van der Waals surface area contributed by atoms with Crippen LogP contribution in [0, 0.1) is 0 Å². The third kappa shape index (κ3) is 3.17. The molecule has 0 radical (unpaired) electrons. The molecule has 2 rings (SSSR count). The van der Waals surface area contributed by atoms with Gasteiger partial charge in [-0.1, -0.05) is 12.1 Å². The summed E-state index contributed by atoms with van der Waals surface area (Å²) in [5, 5.41) is 2.83. The molecule has 1 aromatic carbocycles. The topological polar surface area (TPSA) is 56.1 Å². The molecule has 0 unspecified atom stereocenters. The Morgan fingerprint density at radius 1 is 1.40 bits per heavy atom. The Morgan fingerprint density at radius 2 is 2.15 bits per heavy atom. The maximum absolute atomic E-state index is 11.4. The number of aromatic nitrogens is 2. The van der Waals surface area contributed by atoms with Crippen molar-refractivity contribution in [2.24, 2.45) is 0 Å². The fourth-order valence-corrected chi connectivity index (χ4v) is 2.34. The molecule has 20 heavy (non-hydrogen) atoms. The lowest BCUT2D eigenvalue weighted by molar-refractivity contribution is -0.124. The number of carbonyl (C=O) groups is 1. The van der Waals surface area contributed by atoms with Crippen molar-refractivity contribution in [3.8, 4) is 0 Å². The number of hydrogen-bond donors (Lipinski definition) is 1. The zero-order valence-electron chi connectivity index (χ0n) is 12.2. The summed E-state index contributed by atoms with van der Waals surface area (Å²) >= 11 is 0. The van der Waals surface area contributed by atoms with E-state index in [0.29, 0.717) is 19.0 Å². The van der Waals surface area contributed by atoms with Gasteiger partial charge >= 0.3 is 0 Å². The Hall–Kier alpha value is -1.88. The van der Waals surface area contributed by atoms with Gasteiger partial charge in [0.2, 0.25) is 5.91 Å². The molecule has 0 atom stereocenters. The molecule has 0 bridgehead atoms. The van der Waals surface area contributed by atoms with Crippen LogP contribution >= 0.6 is 0 Å². The van der Waals surface area contributed by atoms with Crippen molar-refractivity contribution in [3.63, 3.8) is 0 Å². The Kier molecular flexibility index (Phi) is 4.74. The monoisotopic (exact) mass is 275 g/mol. The first-order chi connectivity index (χ1) is 9.63. The first-order valence-electron chi connectivity index (χ1n) is 6.85. The third-order valence-corrected chi connectivity index (χ3v) is 3.13. The number of para-hydroxylation sites is 2. The van der Waals surface area contributed by atoms with E-state index in [1.807, 2.05) is 18.2 Å². The van der Waals surface area contributed by atoms with Crippen LogP contribution < -0.4 is 5.32 Å². The quantitative estimate of drug-likeness (QED) is 0.876. The Balaban J connectivity index is 2.13. The predicted octanol–water partition coefficient (Wildman–Crippen LogP) is 1.92. The average molecular weight is 275 g/mol. The summed E-state index contributed by atoms with van der Waals surface area (Å²) in [6, 6.07) is 8.44. The SMILES string of the molecule is COCC(=O)NCCc1nc2ccccc2n1C(C)C. The molecule has 0 fully saturated rings. The number of carbonyl (C=O) groups excluding carboxylic acids is 1. The first kappa shape index (κ1) is 14.5. The number of nitrogens with zero attached hydrogens (tertiary/aromatic N) is 2. The number of imidazole rings is 1. The predicted molar refractivity (Wildman–Crippen MR) is 78.7 cm³/mol. The molecule has 1 N–H and O–H groups in total. The number of methoxy groups -OCH3 is 1. The van der Waals surface area contributed by atoms with E-state index in [1.54, 1.807) is 0 Å². The third-order valence-electron chi connectivity index (χ3n) is 3.13. The Labute approximate surface area is 118 Å². The normalized spacial score (nSPS) is 11.2. The van der Waals surface area contributed by atoms with E-state index >= 15 is 0 Å². The number of amides is 1. The Morgan fingerprint density at radius 3 is 2.85 bits per heavy atom. The molecule has 1 amide bonds. The van der Waals surface area contributed by atoms with Crippen LogP contribution in [0.25, 0.3) is 11.0 Å². The second-order valence-corrected chi connectivity index (χ2v) is 5.01. The molecule has 0 aliphatic heterocycles. The minimum atomic E-state index is -0.0975. The van der Waals surface area contributed by atoms with E-state index < -0.39 is 0 Å². The maximum Gasteiger partial charge on any atom is 0.245 e. The second kappa shape index (κ2) is 6.52. The minimum absolute atomic E-state index is 0.0975. The number of rotatable bonds is 6. The Bertz CT molecular complexity index is 590. The van der Waals surface area contributed by atoms with Gasteiger partial charge in [0.1, 0.15) is 12.4 Å². The highest BCUT2D eigenvalue weighted by atomic mass is 16.5. The fourth-order valence-electron chi connectivity index (χ4n) is 2.34. The van der Waals surface area contributed by atoms with Crippen molar-refractivity contribution >= 4 is 16.9 Å². The molecule has 5 heteroatoms. The van der Waals surface area contributed by atoms with Gasteiger partial charge in [0.15, 0.2) is 0 Å². The number of benzene rings is 1. The van der Waals surface area contributed by atoms with Crippen LogP contribution in [0.4, 0.5) is 0 Å². The van der Waals surface area contributed by atoms with Gasteiger partial charge < -0.3 is 14.6 Å². The lowest BCUT2D eigenvalue weighted by Crippen LogP contribution is -2.29. The highest BCUT2D eigenvalue weighted by molar-refractivity contribution is 5.77. The zero-order valence-corrected chi connectivity index (χ0v) is 12.2. The van der Waals surface area contributed by atoms with Crippen molar-refractivity contribution in [3.05, 3.63) is 30.1 Å². The van der Waals surface area contributed by atoms with Crippen molar-refractivity contribution in [2.75, 3.05) is 20.3 Å². The second-order valence-electron chi connectivity index (χ2n) is 5.01. The van der Waals surface area contributed by atoms with Crippen molar-refractivity contribution in [2.45, 2.75) is 26.3 Å². The van der Waals surface area contributed by atoms with Crippen LogP contribution in [0.1, 0.15) is 25.7 Å². The van der Waals surface area contributed by atoms with Crippen molar-refractivity contribution in [1.29, 1.82) is 0 Å². The molecule has 1 aromatic heterocycles. The van der Waals surface area contributed by atoms with Crippen molar-refractivity contribution in [1.82, 2.24) is 14.9 Å². The largest absolute Gasteiger partial charge is 0.375 e. The summed E-state index contributed by atoms with van der Waals surface area (Å²) in [5.41, 5.74) is 2.14. The number of fused-ring (bicyclic) bond motifs is 1. The van der Waals surface area contributed by atoms with E-state index in [-0.39, 0.29) is 12.5 Å². The standard InChI is InChI=1S/C15H21N3O2/c1-11(2)18-13-7-5-4-6-12(13)17-14(18)8-9-16-15(19)10-20-3/h4-7,11H,8-10H2,1-3H3,(H,16,19). The fraction of sp³-hybridized carbons (Fsp3) is 0.467. The molecular formula is C15H21N3O2. The van der Waals surface area contributed by atoms with Crippen LogP contribution in [-0.2, 0) is 16.0 Å². The molecule has 2 aromatic rings. The van der Waals surface area contributed by atoms with Gasteiger partial charge in [-0.15, -0.1) is 0 Å². The van der Waals surface area contributed by atoms with Crippen LogP contribution in [0.5, 0.6) is 0 Å². The van der Waals surface area contributed by atoms with Gasteiger partial charge in [0.05, 0.1) is 11.0 Å². The molecular weight excluding hydrogens is 254 g/mol. The van der Waals surface area contributed by atoms with E-state index in [2.05, 4.69) is 34.8 Å². The molecule has 108 valence electrons. The molecule has 1 heterocycles. The van der Waals surface area contributed by atoms with Gasteiger partial charge in [0.25, 0.3) is 0 Å². The highest BCUT2D eigenvalue weighted by Gasteiger charge is 2.12. The minimum Gasteiger partial charge on any atom is -0.375 e. The summed E-state index contributed by atoms with van der Waals surface area (Å²) in [6.07, 6.45) is 0.711. The average Bonchev–Trinajstić information content (AvgIpc) is 2.77. The number of hydrogen-bond acceptors (Lipinski definition) is 3. The summed E-state index contributed by atoms with van der Waals surface area (Å²) in [4.78, 5) is 16.0. The number of ether oxygens (including phenoxy) is 1. The summed E-state index contributed by atoms with van der Waals surface area (Å²) in [7, 11) is 1.51. The van der Waals surface area contributed by atoms with Gasteiger partial charge in [0, 0.05) is 26.1 Å². The number of nitrogens with one attached hydrogen (secondary N) is 1. The molecule has 5 nitrogen and oxygen atoms in total. The van der Waals surface area contributed by atoms with Crippen LogP contribution in [0.15, 0.2) is 24.3 Å². The molecule has 0 aliphatic carbocycles. The van der Waals surface area contributed by atoms with Gasteiger partial charge in [-0.25, -0.2) is 4.98 Å². The lowest BCUT2D eigenvalue weighted by atomic mass is 10.3. The summed E-state index contributed by atoms with van der Waals surface area (Å²) < 4.78 is 7.00. The summed E-state index contributed by atoms with van der Waals surface area (Å²) in [5.74, 6) is 0.902. The smallest absolute Gasteiger partial charge is 0.245 e. The van der Waals surface area contributed by atoms with E-state index in [4.69, 9.17) is 4.74 Å². The van der Waals surface area contributed by atoms with Crippen LogP contribution in [0.3, 0.4) is 0 Å². The molecule has 0 saturated heterocycles. The van der Waals surface area contributed by atoms with Gasteiger partial charge in [-0.05, 0) is 26.0 Å². The molecule has 0 spiro atoms. The van der Waals surface area contributed by atoms with Crippen LogP contribution in [-0.4, -0.2) is 35.7 Å². The molecule has 0 aliphatic rings. The lowest BCUT2D eigenvalue weighted by Gasteiger charge is -2.13. The van der Waals surface area contributed by atoms with E-state index in [1.165, 1.54) is 7.11 Å². The maximum atomic E-state index is 11.4. The summed E-state index contributed by atoms with van der Waals surface area (Å²) in [6.45, 7) is 4.95. The zero-order chi connectivity index (χ0) is 14.5. The highest BCUT2D eigenvalue weighted by Crippen LogP contribution is 2.20. The van der Waals surface area contributed by atoms with Crippen molar-refractivity contribution < 1.29 is 9.53 Å². The van der Waals surface area contributed by atoms with Gasteiger partial charge in [-0.3, -0.25) is 4.79 Å². The van der Waals surface area contributed by atoms with E-state index in [9.17, 15) is 4.79 Å². The van der Waals surface area contributed by atoms with E-state index in [0.717, 1.165) is 16.9 Å².